The van der Waals surface area contributed by atoms with Gasteiger partial charge in [-0.05, 0) is 36.2 Å². The standard InChI is InChI=1S/C16H20N2O2/c1-2-14(17)16(15-8-3-4-9-18-15)20-13-7-5-6-12(10-13)11-19/h3-10,14,16,19H,2,11,17H2,1H3. The molecular weight excluding hydrogens is 252 g/mol. The quantitative estimate of drug-likeness (QED) is 0.847. The van der Waals surface area contributed by atoms with Crippen LogP contribution in [0.2, 0.25) is 0 Å². The van der Waals surface area contributed by atoms with Gasteiger partial charge < -0.3 is 15.6 Å². The van der Waals surface area contributed by atoms with E-state index in [-0.39, 0.29) is 18.8 Å². The minimum atomic E-state index is -0.296. The normalized spacial score (nSPS) is 13.8. The highest BCUT2D eigenvalue weighted by molar-refractivity contribution is 5.29. The molecule has 4 nitrogen and oxygen atoms in total. The van der Waals surface area contributed by atoms with Gasteiger partial charge in [0.2, 0.25) is 0 Å². The SMILES string of the molecule is CCC(N)C(Oc1cccc(CO)c1)c1ccccn1. The van der Waals surface area contributed by atoms with Crippen molar-refractivity contribution in [2.45, 2.75) is 32.1 Å². The van der Waals surface area contributed by atoms with Crippen LogP contribution in [0, 0.1) is 0 Å². The van der Waals surface area contributed by atoms with Gasteiger partial charge >= 0.3 is 0 Å². The summed E-state index contributed by atoms with van der Waals surface area (Å²) in [5.74, 6) is 0.691. The van der Waals surface area contributed by atoms with Crippen LogP contribution in [0.4, 0.5) is 0 Å². The monoisotopic (exact) mass is 272 g/mol. The third-order valence-corrected chi connectivity index (χ3v) is 3.18. The maximum absolute atomic E-state index is 9.18. The molecule has 1 heterocycles. The van der Waals surface area contributed by atoms with Crippen LogP contribution in [0.3, 0.4) is 0 Å². The second-order valence-corrected chi connectivity index (χ2v) is 4.67. The summed E-state index contributed by atoms with van der Waals surface area (Å²) in [4.78, 5) is 4.33. The molecule has 0 bridgehead atoms. The Labute approximate surface area is 119 Å². The van der Waals surface area contributed by atoms with Gasteiger partial charge in [-0.1, -0.05) is 25.1 Å². The predicted octanol–water partition coefficient (Wildman–Crippen LogP) is 2.43. The molecular formula is C16H20N2O2. The largest absolute Gasteiger partial charge is 0.482 e. The first-order valence-electron chi connectivity index (χ1n) is 6.77. The fourth-order valence-electron chi connectivity index (χ4n) is 1.99. The van der Waals surface area contributed by atoms with Gasteiger partial charge in [0.1, 0.15) is 5.75 Å². The zero-order valence-electron chi connectivity index (χ0n) is 11.6. The predicted molar refractivity (Wildman–Crippen MR) is 78.2 cm³/mol. The Morgan fingerprint density at radius 2 is 2.10 bits per heavy atom. The number of nitrogens with two attached hydrogens (primary N) is 1. The summed E-state index contributed by atoms with van der Waals surface area (Å²) in [7, 11) is 0. The van der Waals surface area contributed by atoms with Crippen LogP contribution >= 0.6 is 0 Å². The molecule has 2 aromatic rings. The topological polar surface area (TPSA) is 68.4 Å². The van der Waals surface area contributed by atoms with Crippen molar-refractivity contribution in [3.8, 4) is 5.75 Å². The second-order valence-electron chi connectivity index (χ2n) is 4.67. The molecule has 0 saturated carbocycles. The van der Waals surface area contributed by atoms with Crippen LogP contribution in [0.5, 0.6) is 5.75 Å². The maximum Gasteiger partial charge on any atom is 0.155 e. The lowest BCUT2D eigenvalue weighted by Crippen LogP contribution is -2.32. The van der Waals surface area contributed by atoms with Crippen LogP contribution in [0.25, 0.3) is 0 Å². The van der Waals surface area contributed by atoms with Gasteiger partial charge in [0.25, 0.3) is 0 Å². The number of pyridine rings is 1. The molecule has 2 unspecified atom stereocenters. The third-order valence-electron chi connectivity index (χ3n) is 3.18. The number of hydrogen-bond donors (Lipinski definition) is 2. The Hall–Kier alpha value is -1.91. The molecule has 3 N–H and O–H groups in total. The van der Waals surface area contributed by atoms with Crippen molar-refractivity contribution in [1.82, 2.24) is 4.98 Å². The summed E-state index contributed by atoms with van der Waals surface area (Å²) in [6.07, 6.45) is 2.23. The van der Waals surface area contributed by atoms with E-state index in [0.717, 1.165) is 17.7 Å². The maximum atomic E-state index is 9.18. The summed E-state index contributed by atoms with van der Waals surface area (Å²) >= 11 is 0. The lowest BCUT2D eigenvalue weighted by molar-refractivity contribution is 0.166. The fourth-order valence-corrected chi connectivity index (χ4v) is 1.99. The van der Waals surface area contributed by atoms with Crippen molar-refractivity contribution in [3.63, 3.8) is 0 Å². The second kappa shape index (κ2) is 7.03. The van der Waals surface area contributed by atoms with Gasteiger partial charge in [-0.2, -0.15) is 0 Å². The van der Waals surface area contributed by atoms with Gasteiger partial charge in [0.15, 0.2) is 6.10 Å². The molecule has 4 heteroatoms. The number of benzene rings is 1. The molecule has 0 amide bonds. The smallest absolute Gasteiger partial charge is 0.155 e. The zero-order chi connectivity index (χ0) is 14.4. The summed E-state index contributed by atoms with van der Waals surface area (Å²) < 4.78 is 6.00. The molecule has 1 aromatic carbocycles. The van der Waals surface area contributed by atoms with E-state index < -0.39 is 0 Å². The van der Waals surface area contributed by atoms with E-state index in [0.29, 0.717) is 5.75 Å². The van der Waals surface area contributed by atoms with E-state index >= 15 is 0 Å². The summed E-state index contributed by atoms with van der Waals surface area (Å²) in [5.41, 5.74) is 7.78. The lowest BCUT2D eigenvalue weighted by Gasteiger charge is -2.24. The molecule has 0 radical (unpaired) electrons. The highest BCUT2D eigenvalue weighted by Gasteiger charge is 2.21. The number of ether oxygens (including phenoxy) is 1. The van der Waals surface area contributed by atoms with Gasteiger partial charge in [-0.15, -0.1) is 0 Å². The number of nitrogens with zero attached hydrogens (tertiary/aromatic N) is 1. The first kappa shape index (κ1) is 14.5. The Bertz CT molecular complexity index is 531. The Balaban J connectivity index is 2.24. The molecule has 0 aliphatic carbocycles. The van der Waals surface area contributed by atoms with Crippen molar-refractivity contribution < 1.29 is 9.84 Å². The molecule has 20 heavy (non-hydrogen) atoms. The van der Waals surface area contributed by atoms with Crippen molar-refractivity contribution in [2.24, 2.45) is 5.73 Å². The molecule has 0 saturated heterocycles. The number of aliphatic hydroxyl groups excluding tert-OH is 1. The van der Waals surface area contributed by atoms with Crippen LogP contribution < -0.4 is 10.5 Å². The number of aliphatic hydroxyl groups is 1. The molecule has 1 aromatic heterocycles. The van der Waals surface area contributed by atoms with E-state index in [9.17, 15) is 5.11 Å². The fraction of sp³-hybridized carbons (Fsp3) is 0.312. The molecule has 2 rings (SSSR count). The van der Waals surface area contributed by atoms with Crippen LogP contribution in [-0.4, -0.2) is 16.1 Å². The van der Waals surface area contributed by atoms with E-state index in [1.54, 1.807) is 6.20 Å². The molecule has 0 fully saturated rings. The van der Waals surface area contributed by atoms with Crippen molar-refractivity contribution in [1.29, 1.82) is 0 Å². The first-order chi connectivity index (χ1) is 9.74. The molecule has 106 valence electrons. The first-order valence-corrected chi connectivity index (χ1v) is 6.77. The zero-order valence-corrected chi connectivity index (χ0v) is 11.6. The summed E-state index contributed by atoms with van der Waals surface area (Å²) in [6, 6.07) is 12.9. The Morgan fingerprint density at radius 1 is 1.25 bits per heavy atom. The molecule has 0 aliphatic rings. The van der Waals surface area contributed by atoms with E-state index in [1.165, 1.54) is 0 Å². The van der Waals surface area contributed by atoms with Crippen molar-refractivity contribution in [3.05, 3.63) is 59.9 Å². The number of aromatic nitrogens is 1. The van der Waals surface area contributed by atoms with Crippen LogP contribution in [0.1, 0.15) is 30.7 Å². The minimum absolute atomic E-state index is 0.00865. The Kier molecular flexibility index (Phi) is 5.09. The van der Waals surface area contributed by atoms with Gasteiger partial charge in [-0.3, -0.25) is 4.98 Å². The van der Waals surface area contributed by atoms with E-state index in [2.05, 4.69) is 4.98 Å². The third kappa shape index (κ3) is 3.56. The molecule has 2 atom stereocenters. The summed E-state index contributed by atoms with van der Waals surface area (Å²) in [5, 5.41) is 9.18. The highest BCUT2D eigenvalue weighted by atomic mass is 16.5. The number of hydrogen-bond acceptors (Lipinski definition) is 4. The van der Waals surface area contributed by atoms with E-state index in [1.807, 2.05) is 49.4 Å². The van der Waals surface area contributed by atoms with Crippen LogP contribution in [0.15, 0.2) is 48.7 Å². The van der Waals surface area contributed by atoms with Crippen LogP contribution in [-0.2, 0) is 6.61 Å². The van der Waals surface area contributed by atoms with Crippen molar-refractivity contribution in [2.75, 3.05) is 0 Å². The molecule has 0 aliphatic heterocycles. The van der Waals surface area contributed by atoms with Crippen molar-refractivity contribution >= 4 is 0 Å². The van der Waals surface area contributed by atoms with Gasteiger partial charge in [0, 0.05) is 12.2 Å². The molecule has 0 spiro atoms. The lowest BCUT2D eigenvalue weighted by atomic mass is 10.1. The average molecular weight is 272 g/mol. The van der Waals surface area contributed by atoms with Gasteiger partial charge in [-0.25, -0.2) is 0 Å². The average Bonchev–Trinajstić information content (AvgIpc) is 2.53. The van der Waals surface area contributed by atoms with Gasteiger partial charge in [0.05, 0.1) is 12.3 Å². The highest BCUT2D eigenvalue weighted by Crippen LogP contribution is 2.24. The summed E-state index contributed by atoms with van der Waals surface area (Å²) in [6.45, 7) is 2.01. The number of rotatable bonds is 6. The minimum Gasteiger partial charge on any atom is -0.482 e. The van der Waals surface area contributed by atoms with E-state index in [4.69, 9.17) is 10.5 Å². The Morgan fingerprint density at radius 3 is 2.75 bits per heavy atom.